The molecule has 0 saturated heterocycles. The number of hydrogen-bond acceptors (Lipinski definition) is 5. The summed E-state index contributed by atoms with van der Waals surface area (Å²) in [7, 11) is -7.18. The zero-order chi connectivity index (χ0) is 20.5. The van der Waals surface area contributed by atoms with E-state index in [1.165, 1.54) is 25.1 Å². The quantitative estimate of drug-likeness (QED) is 0.770. The third-order valence-electron chi connectivity index (χ3n) is 4.29. The summed E-state index contributed by atoms with van der Waals surface area (Å²) in [6.45, 7) is 1.50. The predicted molar refractivity (Wildman–Crippen MR) is 107 cm³/mol. The minimum absolute atomic E-state index is 0.169. The molecule has 1 heterocycles. The lowest BCUT2D eigenvalue weighted by atomic mass is 9.98. The minimum atomic E-state index is -3.72. The molecule has 150 valence electrons. The van der Waals surface area contributed by atoms with Crippen LogP contribution in [-0.2, 0) is 20.0 Å². The van der Waals surface area contributed by atoms with Crippen LogP contribution in [0, 0.1) is 5.82 Å². The number of anilines is 1. The largest absolute Gasteiger partial charge is 0.284 e. The van der Waals surface area contributed by atoms with E-state index < -0.39 is 31.9 Å². The molecule has 0 radical (unpaired) electrons. The molecule has 0 spiro atoms. The molecule has 7 nitrogen and oxygen atoms in total. The molecule has 1 atom stereocenters. The first-order valence-electron chi connectivity index (χ1n) is 8.53. The van der Waals surface area contributed by atoms with Gasteiger partial charge in [-0.25, -0.2) is 21.2 Å². The van der Waals surface area contributed by atoms with Gasteiger partial charge in [0.1, 0.15) is 5.82 Å². The SMILES string of the molecule is CCS(=O)(=O)N1N=C(c2cccc(NS(C)(=O)=O)c2)C[C@@H]1c1ccccc1F. The monoisotopic (exact) mass is 425 g/mol. The van der Waals surface area contributed by atoms with Crippen molar-refractivity contribution in [1.29, 1.82) is 0 Å². The molecule has 0 amide bonds. The van der Waals surface area contributed by atoms with Gasteiger partial charge in [0.15, 0.2) is 0 Å². The zero-order valence-corrected chi connectivity index (χ0v) is 17.0. The number of hydrogen-bond donors (Lipinski definition) is 1. The van der Waals surface area contributed by atoms with Gasteiger partial charge in [-0.05, 0) is 30.7 Å². The van der Waals surface area contributed by atoms with E-state index in [0.29, 0.717) is 17.0 Å². The van der Waals surface area contributed by atoms with Crippen molar-refractivity contribution in [3.05, 3.63) is 65.5 Å². The molecule has 2 aromatic rings. The van der Waals surface area contributed by atoms with Crippen molar-refractivity contribution in [3.63, 3.8) is 0 Å². The van der Waals surface area contributed by atoms with Crippen molar-refractivity contribution in [2.75, 3.05) is 16.7 Å². The summed E-state index contributed by atoms with van der Waals surface area (Å²) in [5, 5.41) is 4.26. The number of hydrazone groups is 1. The van der Waals surface area contributed by atoms with Crippen molar-refractivity contribution in [2.24, 2.45) is 5.10 Å². The first-order valence-corrected chi connectivity index (χ1v) is 12.0. The molecule has 0 unspecified atom stereocenters. The van der Waals surface area contributed by atoms with E-state index in [9.17, 15) is 21.2 Å². The van der Waals surface area contributed by atoms with Gasteiger partial charge in [0.25, 0.3) is 0 Å². The van der Waals surface area contributed by atoms with Crippen LogP contribution in [0.2, 0.25) is 0 Å². The summed E-state index contributed by atoms with van der Waals surface area (Å²) in [4.78, 5) is 0. The van der Waals surface area contributed by atoms with E-state index in [-0.39, 0.29) is 17.7 Å². The van der Waals surface area contributed by atoms with Crippen LogP contribution in [0.5, 0.6) is 0 Å². The van der Waals surface area contributed by atoms with E-state index in [1.54, 1.807) is 30.3 Å². The van der Waals surface area contributed by atoms with Gasteiger partial charge in [-0.15, -0.1) is 0 Å². The highest BCUT2D eigenvalue weighted by Gasteiger charge is 2.37. The van der Waals surface area contributed by atoms with Crippen LogP contribution in [0.15, 0.2) is 53.6 Å². The van der Waals surface area contributed by atoms with Crippen molar-refractivity contribution >= 4 is 31.4 Å². The summed E-state index contributed by atoms with van der Waals surface area (Å²) < 4.78 is 65.7. The Morgan fingerprint density at radius 1 is 1.14 bits per heavy atom. The minimum Gasteiger partial charge on any atom is -0.284 e. The van der Waals surface area contributed by atoms with Crippen LogP contribution >= 0.6 is 0 Å². The molecule has 0 aliphatic carbocycles. The standard InChI is InChI=1S/C18H20FN3O4S2/c1-3-28(25,26)22-18(15-9-4-5-10-16(15)19)12-17(20-22)13-7-6-8-14(11-13)21-27(2,23)24/h4-11,18,21H,3,12H2,1-2H3/t18-/m1/s1. The van der Waals surface area contributed by atoms with E-state index in [1.807, 2.05) is 0 Å². The van der Waals surface area contributed by atoms with Gasteiger partial charge >= 0.3 is 0 Å². The van der Waals surface area contributed by atoms with E-state index >= 15 is 0 Å². The first-order chi connectivity index (χ1) is 13.1. The second kappa shape index (κ2) is 7.51. The maximum absolute atomic E-state index is 14.3. The Morgan fingerprint density at radius 3 is 2.50 bits per heavy atom. The maximum atomic E-state index is 14.3. The highest BCUT2D eigenvalue weighted by molar-refractivity contribution is 7.92. The van der Waals surface area contributed by atoms with Crippen molar-refractivity contribution < 1.29 is 21.2 Å². The summed E-state index contributed by atoms with van der Waals surface area (Å²) >= 11 is 0. The number of nitrogens with one attached hydrogen (secondary N) is 1. The lowest BCUT2D eigenvalue weighted by Gasteiger charge is -2.23. The van der Waals surface area contributed by atoms with E-state index in [4.69, 9.17) is 0 Å². The first kappa shape index (κ1) is 20.3. The van der Waals surface area contributed by atoms with Gasteiger partial charge < -0.3 is 0 Å². The predicted octanol–water partition coefficient (Wildman–Crippen LogP) is 2.70. The molecule has 0 bridgehead atoms. The molecule has 2 aromatic carbocycles. The number of sulfonamides is 2. The van der Waals surface area contributed by atoms with Gasteiger partial charge in [-0.2, -0.15) is 9.52 Å². The Morgan fingerprint density at radius 2 is 1.86 bits per heavy atom. The fourth-order valence-electron chi connectivity index (χ4n) is 3.01. The number of rotatable bonds is 6. The Hall–Kier alpha value is -2.46. The second-order valence-electron chi connectivity index (χ2n) is 6.42. The summed E-state index contributed by atoms with van der Waals surface area (Å²) in [6, 6.07) is 11.7. The Balaban J connectivity index is 2.03. The molecule has 3 rings (SSSR count). The van der Waals surface area contributed by atoms with Crippen LogP contribution in [0.3, 0.4) is 0 Å². The number of benzene rings is 2. The Kier molecular flexibility index (Phi) is 5.44. The smallest absolute Gasteiger partial charge is 0.250 e. The van der Waals surface area contributed by atoms with Gasteiger partial charge in [0.05, 0.1) is 23.8 Å². The van der Waals surface area contributed by atoms with Gasteiger partial charge in [0.2, 0.25) is 20.0 Å². The van der Waals surface area contributed by atoms with Gasteiger partial charge in [0, 0.05) is 17.7 Å². The molecule has 1 aliphatic heterocycles. The average Bonchev–Trinajstić information content (AvgIpc) is 3.07. The Bertz CT molecular complexity index is 1130. The zero-order valence-electron chi connectivity index (χ0n) is 15.3. The average molecular weight is 426 g/mol. The highest BCUT2D eigenvalue weighted by atomic mass is 32.2. The summed E-state index contributed by atoms with van der Waals surface area (Å²) in [5.74, 6) is -0.683. The van der Waals surface area contributed by atoms with Crippen molar-refractivity contribution in [2.45, 2.75) is 19.4 Å². The summed E-state index contributed by atoms with van der Waals surface area (Å²) in [5.41, 5.74) is 1.57. The van der Waals surface area contributed by atoms with Crippen LogP contribution in [0.25, 0.3) is 0 Å². The fraction of sp³-hybridized carbons (Fsp3) is 0.278. The van der Waals surface area contributed by atoms with Crippen LogP contribution in [0.1, 0.15) is 30.5 Å². The molecular formula is C18H20FN3O4S2. The fourth-order valence-corrected chi connectivity index (χ4v) is 4.62. The van der Waals surface area contributed by atoms with Gasteiger partial charge in [-0.1, -0.05) is 30.3 Å². The maximum Gasteiger partial charge on any atom is 0.250 e. The molecule has 0 aromatic heterocycles. The second-order valence-corrected chi connectivity index (χ2v) is 10.3. The molecule has 1 N–H and O–H groups in total. The molecule has 10 heteroatoms. The third kappa shape index (κ3) is 4.33. The topological polar surface area (TPSA) is 95.9 Å². The van der Waals surface area contributed by atoms with Crippen molar-refractivity contribution in [3.8, 4) is 0 Å². The highest BCUT2D eigenvalue weighted by Crippen LogP contribution is 2.36. The normalized spacial score (nSPS) is 17.5. The van der Waals surface area contributed by atoms with E-state index in [2.05, 4.69) is 9.82 Å². The molecule has 0 saturated carbocycles. The van der Waals surface area contributed by atoms with E-state index in [0.717, 1.165) is 10.7 Å². The molecule has 1 aliphatic rings. The van der Waals surface area contributed by atoms with Crippen molar-refractivity contribution in [1.82, 2.24) is 4.41 Å². The number of halogens is 1. The Labute approximate surface area is 164 Å². The molecular weight excluding hydrogens is 405 g/mol. The number of nitrogens with zero attached hydrogens (tertiary/aromatic N) is 2. The molecule has 0 fully saturated rings. The van der Waals surface area contributed by atoms with Crippen LogP contribution in [-0.4, -0.2) is 39.0 Å². The lowest BCUT2D eigenvalue weighted by molar-refractivity contribution is 0.363. The lowest BCUT2D eigenvalue weighted by Crippen LogP contribution is -2.29. The third-order valence-corrected chi connectivity index (χ3v) is 6.53. The molecule has 28 heavy (non-hydrogen) atoms. The summed E-state index contributed by atoms with van der Waals surface area (Å²) in [6.07, 6.45) is 1.21. The van der Waals surface area contributed by atoms with Gasteiger partial charge in [-0.3, -0.25) is 4.72 Å². The van der Waals surface area contributed by atoms with Crippen LogP contribution in [0.4, 0.5) is 10.1 Å². The van der Waals surface area contributed by atoms with Crippen LogP contribution < -0.4 is 4.72 Å².